The third kappa shape index (κ3) is 1.91. The van der Waals surface area contributed by atoms with Crippen molar-refractivity contribution in [2.24, 2.45) is 0 Å². The number of likely N-dealkylation sites (N-methyl/N-ethyl adjacent to an activating group) is 1. The summed E-state index contributed by atoms with van der Waals surface area (Å²) in [7, 11) is 1.89. The van der Waals surface area contributed by atoms with Crippen LogP contribution in [0.25, 0.3) is 0 Å². The first-order valence-corrected chi connectivity index (χ1v) is 3.84. The fourth-order valence-corrected chi connectivity index (χ4v) is 1.32. The minimum absolute atomic E-state index is 0.164. The first-order chi connectivity index (χ1) is 5.27. The van der Waals surface area contributed by atoms with Crippen LogP contribution in [0, 0.1) is 0 Å². The van der Waals surface area contributed by atoms with E-state index in [1.165, 1.54) is 0 Å². The van der Waals surface area contributed by atoms with Crippen LogP contribution in [0.15, 0.2) is 0 Å². The van der Waals surface area contributed by atoms with Crippen molar-refractivity contribution in [3.63, 3.8) is 0 Å². The number of hydrogen-bond acceptors (Lipinski definition) is 3. The number of nitrogens with zero attached hydrogens (tertiary/aromatic N) is 1. The highest BCUT2D eigenvalue weighted by molar-refractivity contribution is 5.77. The highest BCUT2D eigenvalue weighted by Gasteiger charge is 2.23. The smallest absolute Gasteiger partial charge is 0.248 e. The van der Waals surface area contributed by atoms with E-state index in [1.54, 1.807) is 4.90 Å². The largest absolute Gasteiger partial charge is 0.387 e. The topological polar surface area (TPSA) is 52.6 Å². The van der Waals surface area contributed by atoms with Gasteiger partial charge in [-0.05, 0) is 13.5 Å². The van der Waals surface area contributed by atoms with Gasteiger partial charge >= 0.3 is 0 Å². The normalized spacial score (nSPS) is 24.2. The number of rotatable bonds is 2. The standard InChI is InChI=1S/C7H14N2O2/c1-8-6-2-3-9(4-6)7(11)5-10/h6,8,10H,2-5H2,1H3/t6-/m1/s1. The number of carbonyl (C=O) groups is 1. The first-order valence-electron chi connectivity index (χ1n) is 3.84. The molecule has 0 aromatic heterocycles. The van der Waals surface area contributed by atoms with Crippen molar-refractivity contribution >= 4 is 5.91 Å². The summed E-state index contributed by atoms with van der Waals surface area (Å²) in [4.78, 5) is 12.6. The summed E-state index contributed by atoms with van der Waals surface area (Å²) >= 11 is 0. The molecule has 0 saturated carbocycles. The maximum Gasteiger partial charge on any atom is 0.248 e. The van der Waals surface area contributed by atoms with Crippen molar-refractivity contribution in [3.05, 3.63) is 0 Å². The van der Waals surface area contributed by atoms with Crippen LogP contribution in [0.5, 0.6) is 0 Å². The van der Waals surface area contributed by atoms with Crippen LogP contribution in [0.2, 0.25) is 0 Å². The van der Waals surface area contributed by atoms with Gasteiger partial charge in [-0.3, -0.25) is 4.79 Å². The lowest BCUT2D eigenvalue weighted by Crippen LogP contribution is -2.34. The molecule has 1 amide bonds. The van der Waals surface area contributed by atoms with Gasteiger partial charge < -0.3 is 15.3 Å². The van der Waals surface area contributed by atoms with Crippen molar-refractivity contribution in [3.8, 4) is 0 Å². The number of hydrogen-bond donors (Lipinski definition) is 2. The van der Waals surface area contributed by atoms with E-state index < -0.39 is 0 Å². The predicted molar refractivity (Wildman–Crippen MR) is 41.1 cm³/mol. The van der Waals surface area contributed by atoms with Crippen molar-refractivity contribution < 1.29 is 9.90 Å². The van der Waals surface area contributed by atoms with Gasteiger partial charge in [-0.15, -0.1) is 0 Å². The summed E-state index contributed by atoms with van der Waals surface area (Å²) in [5.74, 6) is -0.164. The minimum Gasteiger partial charge on any atom is -0.387 e. The van der Waals surface area contributed by atoms with E-state index in [9.17, 15) is 4.79 Å². The van der Waals surface area contributed by atoms with Crippen LogP contribution in [0.3, 0.4) is 0 Å². The van der Waals surface area contributed by atoms with Gasteiger partial charge in [0.05, 0.1) is 0 Å². The fraction of sp³-hybridized carbons (Fsp3) is 0.857. The summed E-state index contributed by atoms with van der Waals surface area (Å²) in [6, 6.07) is 0.408. The van der Waals surface area contributed by atoms with E-state index in [-0.39, 0.29) is 12.5 Å². The number of amides is 1. The average Bonchev–Trinajstić information content (AvgIpc) is 2.50. The van der Waals surface area contributed by atoms with E-state index in [4.69, 9.17) is 5.11 Å². The van der Waals surface area contributed by atoms with Crippen LogP contribution in [0.4, 0.5) is 0 Å². The molecule has 0 unspecified atom stereocenters. The number of aliphatic hydroxyl groups is 1. The van der Waals surface area contributed by atoms with Crippen LogP contribution >= 0.6 is 0 Å². The molecule has 1 rings (SSSR count). The molecule has 0 radical (unpaired) electrons. The molecule has 2 N–H and O–H groups in total. The second kappa shape index (κ2) is 3.69. The van der Waals surface area contributed by atoms with Crippen LogP contribution in [0.1, 0.15) is 6.42 Å². The Kier molecular flexibility index (Phi) is 2.84. The van der Waals surface area contributed by atoms with Crippen molar-refractivity contribution in [2.75, 3.05) is 26.7 Å². The molecule has 4 heteroatoms. The van der Waals surface area contributed by atoms with Crippen LogP contribution < -0.4 is 5.32 Å². The number of likely N-dealkylation sites (tertiary alicyclic amines) is 1. The molecule has 4 nitrogen and oxygen atoms in total. The zero-order valence-corrected chi connectivity index (χ0v) is 6.71. The van der Waals surface area contributed by atoms with Gasteiger partial charge in [0.2, 0.25) is 5.91 Å². The molecule has 0 bridgehead atoms. The van der Waals surface area contributed by atoms with E-state index in [1.807, 2.05) is 7.05 Å². The molecule has 1 aliphatic rings. The Hall–Kier alpha value is -0.610. The second-order valence-corrected chi connectivity index (χ2v) is 2.77. The van der Waals surface area contributed by atoms with E-state index >= 15 is 0 Å². The molecule has 1 heterocycles. The number of nitrogens with one attached hydrogen (secondary N) is 1. The van der Waals surface area contributed by atoms with E-state index in [0.717, 1.165) is 19.5 Å². The second-order valence-electron chi connectivity index (χ2n) is 2.77. The van der Waals surface area contributed by atoms with Gasteiger partial charge in [0, 0.05) is 19.1 Å². The Morgan fingerprint density at radius 2 is 2.55 bits per heavy atom. The Labute approximate surface area is 66.2 Å². The van der Waals surface area contributed by atoms with Gasteiger partial charge in [0.15, 0.2) is 0 Å². The van der Waals surface area contributed by atoms with Crippen molar-refractivity contribution in [1.29, 1.82) is 0 Å². The SMILES string of the molecule is CN[C@@H]1CCN(C(=O)CO)C1. The van der Waals surface area contributed by atoms with Crippen molar-refractivity contribution in [2.45, 2.75) is 12.5 Å². The lowest BCUT2D eigenvalue weighted by Gasteiger charge is -2.14. The summed E-state index contributed by atoms with van der Waals surface area (Å²) < 4.78 is 0. The average molecular weight is 158 g/mol. The molecule has 0 aromatic rings. The van der Waals surface area contributed by atoms with Crippen molar-refractivity contribution in [1.82, 2.24) is 10.2 Å². The molecular weight excluding hydrogens is 144 g/mol. The van der Waals surface area contributed by atoms with Gasteiger partial charge in [0.25, 0.3) is 0 Å². The maximum atomic E-state index is 10.9. The molecule has 1 saturated heterocycles. The Morgan fingerprint density at radius 1 is 1.82 bits per heavy atom. The molecule has 11 heavy (non-hydrogen) atoms. The van der Waals surface area contributed by atoms with Gasteiger partial charge in [-0.2, -0.15) is 0 Å². The monoisotopic (exact) mass is 158 g/mol. The quantitative estimate of drug-likeness (QED) is 0.530. The summed E-state index contributed by atoms with van der Waals surface area (Å²) in [6.07, 6.45) is 0.988. The van der Waals surface area contributed by atoms with E-state index in [0.29, 0.717) is 6.04 Å². The van der Waals surface area contributed by atoms with Gasteiger partial charge in [-0.25, -0.2) is 0 Å². The highest BCUT2D eigenvalue weighted by Crippen LogP contribution is 2.07. The van der Waals surface area contributed by atoms with Crippen LogP contribution in [-0.2, 0) is 4.79 Å². The summed E-state index contributed by atoms with van der Waals surface area (Å²) in [5, 5.41) is 11.6. The lowest BCUT2D eigenvalue weighted by atomic mass is 10.3. The molecule has 64 valence electrons. The molecule has 0 spiro atoms. The molecule has 1 aliphatic heterocycles. The predicted octanol–water partition coefficient (Wildman–Crippen LogP) is -1.20. The Bertz CT molecular complexity index is 149. The number of aliphatic hydroxyl groups excluding tert-OH is 1. The zero-order chi connectivity index (χ0) is 8.27. The fourth-order valence-electron chi connectivity index (χ4n) is 1.32. The molecule has 0 aromatic carbocycles. The summed E-state index contributed by atoms with van der Waals surface area (Å²) in [5.41, 5.74) is 0. The Morgan fingerprint density at radius 3 is 3.00 bits per heavy atom. The van der Waals surface area contributed by atoms with E-state index in [2.05, 4.69) is 5.32 Å². The first kappa shape index (κ1) is 8.49. The molecule has 1 fully saturated rings. The minimum atomic E-state index is -0.365. The highest BCUT2D eigenvalue weighted by atomic mass is 16.3. The molecule has 0 aliphatic carbocycles. The molecular formula is C7H14N2O2. The lowest BCUT2D eigenvalue weighted by molar-refractivity contribution is -0.133. The van der Waals surface area contributed by atoms with Gasteiger partial charge in [-0.1, -0.05) is 0 Å². The third-order valence-electron chi connectivity index (χ3n) is 2.08. The van der Waals surface area contributed by atoms with Crippen LogP contribution in [-0.4, -0.2) is 48.7 Å². The third-order valence-corrected chi connectivity index (χ3v) is 2.08. The zero-order valence-electron chi connectivity index (χ0n) is 6.71. The van der Waals surface area contributed by atoms with Gasteiger partial charge in [0.1, 0.15) is 6.61 Å². The molecule has 1 atom stereocenters. The summed E-state index contributed by atoms with van der Waals surface area (Å²) in [6.45, 7) is 1.14. The number of carbonyl (C=O) groups excluding carboxylic acids is 1. The Balaban J connectivity index is 2.35. The maximum absolute atomic E-state index is 10.9.